The molecule has 2 saturated carbocycles. The van der Waals surface area contributed by atoms with Gasteiger partial charge in [0.05, 0.1) is 0 Å². The van der Waals surface area contributed by atoms with Crippen molar-refractivity contribution in [2.24, 2.45) is 17.8 Å². The lowest BCUT2D eigenvalue weighted by atomic mass is 9.92. The van der Waals surface area contributed by atoms with Crippen LogP contribution >= 0.6 is 0 Å². The average molecular weight is 283 g/mol. The minimum Gasteiger partial charge on any atom is -0.314 e. The van der Waals surface area contributed by atoms with Crippen molar-refractivity contribution in [2.75, 3.05) is 6.54 Å². The first-order chi connectivity index (χ1) is 10.4. The van der Waals surface area contributed by atoms with Crippen LogP contribution in [0.3, 0.4) is 0 Å². The quantitative estimate of drug-likeness (QED) is 0.775. The molecule has 1 N–H and O–H groups in total. The van der Waals surface area contributed by atoms with E-state index < -0.39 is 0 Å². The van der Waals surface area contributed by atoms with Crippen molar-refractivity contribution in [3.63, 3.8) is 0 Å². The molecule has 1 nitrogen and oxygen atoms in total. The second-order valence-corrected chi connectivity index (χ2v) is 7.59. The molecule has 0 aromatic heterocycles. The van der Waals surface area contributed by atoms with Gasteiger partial charge in [-0.05, 0) is 73.4 Å². The Morgan fingerprint density at radius 2 is 2.05 bits per heavy atom. The fourth-order valence-corrected chi connectivity index (χ4v) is 4.75. The standard InChI is InChI=1S/C20H29N/c1-2-13-21-18(12-9-14-7-8-14)20-17-11-10-15-5-3-4-6-16(15)19(17)20/h3-6,14,17-21H,2,7-13H2,1H3. The minimum atomic E-state index is 0.784. The van der Waals surface area contributed by atoms with E-state index in [1.807, 2.05) is 0 Å². The summed E-state index contributed by atoms with van der Waals surface area (Å²) in [6.07, 6.45) is 9.90. The van der Waals surface area contributed by atoms with Gasteiger partial charge in [-0.1, -0.05) is 44.0 Å². The molecule has 2 fully saturated rings. The van der Waals surface area contributed by atoms with Gasteiger partial charge >= 0.3 is 0 Å². The molecular weight excluding hydrogens is 254 g/mol. The summed E-state index contributed by atoms with van der Waals surface area (Å²) in [5, 5.41) is 3.90. The summed E-state index contributed by atoms with van der Waals surface area (Å²) >= 11 is 0. The van der Waals surface area contributed by atoms with Crippen LogP contribution < -0.4 is 5.32 Å². The van der Waals surface area contributed by atoms with Crippen molar-refractivity contribution in [2.45, 2.75) is 63.8 Å². The van der Waals surface area contributed by atoms with E-state index in [9.17, 15) is 0 Å². The summed E-state index contributed by atoms with van der Waals surface area (Å²) in [6, 6.07) is 10.0. The van der Waals surface area contributed by atoms with E-state index in [1.54, 1.807) is 11.1 Å². The zero-order valence-electron chi connectivity index (χ0n) is 13.4. The highest BCUT2D eigenvalue weighted by molar-refractivity contribution is 5.40. The predicted octanol–water partition coefficient (Wildman–Crippen LogP) is 4.52. The second-order valence-electron chi connectivity index (χ2n) is 7.59. The first-order valence-electron chi connectivity index (χ1n) is 9.19. The molecule has 4 atom stereocenters. The van der Waals surface area contributed by atoms with E-state index >= 15 is 0 Å². The van der Waals surface area contributed by atoms with E-state index in [4.69, 9.17) is 0 Å². The van der Waals surface area contributed by atoms with Crippen molar-refractivity contribution in [3.05, 3.63) is 35.4 Å². The van der Waals surface area contributed by atoms with Gasteiger partial charge in [0.25, 0.3) is 0 Å². The molecule has 0 saturated heterocycles. The fraction of sp³-hybridized carbons (Fsp3) is 0.700. The zero-order chi connectivity index (χ0) is 14.2. The van der Waals surface area contributed by atoms with Crippen molar-refractivity contribution in [1.82, 2.24) is 5.32 Å². The van der Waals surface area contributed by atoms with E-state index in [0.717, 1.165) is 29.7 Å². The van der Waals surface area contributed by atoms with E-state index in [2.05, 4.69) is 36.5 Å². The smallest absolute Gasteiger partial charge is 0.0104 e. The molecule has 0 aliphatic heterocycles. The van der Waals surface area contributed by atoms with Crippen LogP contribution in [-0.2, 0) is 6.42 Å². The van der Waals surface area contributed by atoms with Gasteiger partial charge in [0, 0.05) is 6.04 Å². The number of fused-ring (bicyclic) bond motifs is 3. The number of benzene rings is 1. The van der Waals surface area contributed by atoms with Gasteiger partial charge in [-0.15, -0.1) is 0 Å². The van der Waals surface area contributed by atoms with Crippen LogP contribution in [0.15, 0.2) is 24.3 Å². The molecular formula is C20H29N. The van der Waals surface area contributed by atoms with Crippen LogP contribution in [0.4, 0.5) is 0 Å². The monoisotopic (exact) mass is 283 g/mol. The van der Waals surface area contributed by atoms with E-state index in [1.165, 1.54) is 51.5 Å². The SMILES string of the molecule is CCCNC(CCC1CC1)C1C2CCc3ccccc3C21. The third-order valence-electron chi connectivity index (χ3n) is 6.09. The van der Waals surface area contributed by atoms with Gasteiger partial charge in [0.15, 0.2) is 0 Å². The molecule has 1 aromatic rings. The zero-order valence-corrected chi connectivity index (χ0v) is 13.4. The van der Waals surface area contributed by atoms with Crippen LogP contribution in [0.5, 0.6) is 0 Å². The first kappa shape index (κ1) is 13.8. The third kappa shape index (κ3) is 2.77. The minimum absolute atomic E-state index is 0.784. The molecule has 0 spiro atoms. The van der Waals surface area contributed by atoms with Crippen LogP contribution in [-0.4, -0.2) is 12.6 Å². The molecule has 114 valence electrons. The van der Waals surface area contributed by atoms with Crippen molar-refractivity contribution < 1.29 is 0 Å². The summed E-state index contributed by atoms with van der Waals surface area (Å²) < 4.78 is 0. The summed E-state index contributed by atoms with van der Waals surface area (Å²) in [4.78, 5) is 0. The van der Waals surface area contributed by atoms with Crippen LogP contribution in [0.2, 0.25) is 0 Å². The molecule has 0 radical (unpaired) electrons. The largest absolute Gasteiger partial charge is 0.314 e. The number of hydrogen-bond donors (Lipinski definition) is 1. The highest BCUT2D eigenvalue weighted by atomic mass is 14.9. The van der Waals surface area contributed by atoms with Gasteiger partial charge in [-0.2, -0.15) is 0 Å². The van der Waals surface area contributed by atoms with Gasteiger partial charge < -0.3 is 5.32 Å². The molecule has 3 aliphatic carbocycles. The topological polar surface area (TPSA) is 12.0 Å². The molecule has 3 aliphatic rings. The average Bonchev–Trinajstić information content (AvgIpc) is 3.42. The van der Waals surface area contributed by atoms with Gasteiger partial charge in [0.1, 0.15) is 0 Å². The molecule has 0 bridgehead atoms. The van der Waals surface area contributed by atoms with Crippen LogP contribution in [0.25, 0.3) is 0 Å². The van der Waals surface area contributed by atoms with Crippen LogP contribution in [0, 0.1) is 17.8 Å². The first-order valence-corrected chi connectivity index (χ1v) is 9.19. The maximum absolute atomic E-state index is 3.90. The molecule has 21 heavy (non-hydrogen) atoms. The molecule has 0 amide bonds. The van der Waals surface area contributed by atoms with Gasteiger partial charge in [0.2, 0.25) is 0 Å². The Bertz CT molecular complexity index is 490. The Morgan fingerprint density at radius 3 is 2.86 bits per heavy atom. The molecule has 1 heteroatoms. The lowest BCUT2D eigenvalue weighted by Crippen LogP contribution is -2.32. The third-order valence-corrected chi connectivity index (χ3v) is 6.09. The number of nitrogens with one attached hydrogen (secondary N) is 1. The molecule has 4 rings (SSSR count). The van der Waals surface area contributed by atoms with E-state index in [0.29, 0.717) is 0 Å². The molecule has 0 heterocycles. The maximum Gasteiger partial charge on any atom is 0.0104 e. The highest BCUT2D eigenvalue weighted by Crippen LogP contribution is 2.61. The number of hydrogen-bond acceptors (Lipinski definition) is 1. The van der Waals surface area contributed by atoms with Crippen molar-refractivity contribution in [1.29, 1.82) is 0 Å². The number of aryl methyl sites for hydroxylation is 1. The molecule has 1 aromatic carbocycles. The normalized spacial score (nSPS) is 31.4. The Labute approximate surface area is 129 Å². The van der Waals surface area contributed by atoms with Crippen LogP contribution in [0.1, 0.15) is 62.5 Å². The van der Waals surface area contributed by atoms with Crippen molar-refractivity contribution >= 4 is 0 Å². The molecule has 4 unspecified atom stereocenters. The summed E-state index contributed by atoms with van der Waals surface area (Å²) in [5.74, 6) is 3.86. The second kappa shape index (κ2) is 5.76. The Kier molecular flexibility index (Phi) is 3.79. The highest BCUT2D eigenvalue weighted by Gasteiger charge is 2.55. The lowest BCUT2D eigenvalue weighted by molar-refractivity contribution is 0.393. The summed E-state index contributed by atoms with van der Waals surface area (Å²) in [5.41, 5.74) is 3.33. The van der Waals surface area contributed by atoms with E-state index in [-0.39, 0.29) is 0 Å². The number of rotatable bonds is 7. The maximum atomic E-state index is 3.90. The Morgan fingerprint density at radius 1 is 1.19 bits per heavy atom. The summed E-state index contributed by atoms with van der Waals surface area (Å²) in [7, 11) is 0. The van der Waals surface area contributed by atoms with Gasteiger partial charge in [-0.25, -0.2) is 0 Å². The van der Waals surface area contributed by atoms with Gasteiger partial charge in [-0.3, -0.25) is 0 Å². The summed E-state index contributed by atoms with van der Waals surface area (Å²) in [6.45, 7) is 3.49. The Hall–Kier alpha value is -0.820. The fourth-order valence-electron chi connectivity index (χ4n) is 4.75. The Balaban J connectivity index is 1.46. The predicted molar refractivity (Wildman–Crippen MR) is 88.5 cm³/mol. The lowest BCUT2D eigenvalue weighted by Gasteiger charge is -2.19. The van der Waals surface area contributed by atoms with Crippen molar-refractivity contribution in [3.8, 4) is 0 Å².